The molecule has 386 valence electrons. The molecule has 18 heteroatoms. The number of benzene rings is 2. The van der Waals surface area contributed by atoms with Crippen molar-refractivity contribution in [2.75, 3.05) is 99.1 Å². The summed E-state index contributed by atoms with van der Waals surface area (Å²) in [4.78, 5) is 0. The maximum Gasteiger partial charge on any atom is 0.145 e. The Balaban J connectivity index is 1.97. The second-order valence-electron chi connectivity index (χ2n) is 16.8. The SMILES string of the molecule is CCCCCCCCCCCCCCCCOc1ccc(N=Nc2ccc(OC(COC(COCC(O)CO)COCC(O)CO)COC(COCC(O)CO)COCC(O)CO)cc2)cc1. The van der Waals surface area contributed by atoms with Gasteiger partial charge in [-0.3, -0.25) is 0 Å². The van der Waals surface area contributed by atoms with E-state index >= 15 is 0 Å². The summed E-state index contributed by atoms with van der Waals surface area (Å²) in [6.07, 6.45) is 11.8. The van der Waals surface area contributed by atoms with Gasteiger partial charge in [-0.25, -0.2) is 0 Å². The highest BCUT2D eigenvalue weighted by Gasteiger charge is 2.21. The van der Waals surface area contributed by atoms with Crippen LogP contribution in [0.5, 0.6) is 11.5 Å². The summed E-state index contributed by atoms with van der Waals surface area (Å²) in [6.45, 7) is -0.0827. The Hall–Kier alpha value is -2.92. The largest absolute Gasteiger partial charge is 0.494 e. The van der Waals surface area contributed by atoms with Crippen molar-refractivity contribution in [1.82, 2.24) is 0 Å². The maximum absolute atomic E-state index is 9.74. The molecule has 0 aliphatic carbocycles. The van der Waals surface area contributed by atoms with Crippen molar-refractivity contribution in [3.63, 3.8) is 0 Å². The Bertz CT molecular complexity index is 1360. The van der Waals surface area contributed by atoms with Crippen LogP contribution in [0.1, 0.15) is 96.8 Å². The number of hydrogen-bond donors (Lipinski definition) is 8. The Morgan fingerprint density at radius 3 is 1.06 bits per heavy atom. The molecule has 0 aliphatic heterocycles. The molecule has 0 aliphatic rings. The summed E-state index contributed by atoms with van der Waals surface area (Å²) in [5, 5.41) is 84.4. The summed E-state index contributed by atoms with van der Waals surface area (Å²) in [7, 11) is 0. The highest BCUT2D eigenvalue weighted by atomic mass is 16.6. The number of azo groups is 1. The van der Waals surface area contributed by atoms with Crippen molar-refractivity contribution in [1.29, 1.82) is 0 Å². The van der Waals surface area contributed by atoms with Crippen LogP contribution >= 0.6 is 0 Å². The van der Waals surface area contributed by atoms with E-state index in [2.05, 4.69) is 17.2 Å². The predicted octanol–water partition coefficient (Wildman–Crippen LogP) is 4.96. The van der Waals surface area contributed by atoms with E-state index in [0.29, 0.717) is 23.7 Å². The van der Waals surface area contributed by atoms with E-state index < -0.39 is 69.2 Å². The second-order valence-corrected chi connectivity index (χ2v) is 16.8. The first-order valence-electron chi connectivity index (χ1n) is 24.3. The monoisotopic (exact) mass is 957 g/mol. The standard InChI is InChI=1S/C49H84N2O16/c1-2-3-4-5-6-7-8-9-10-11-12-13-14-15-24-64-45-20-16-39(17-21-45)50-51-40-18-22-46(23-19-40)67-49(37-65-47(33-60-29-41(56)25-52)34-61-30-42(57)26-53)38-66-48(35-62-31-43(58)27-54)36-63-32-44(59)28-55/h16-23,41-44,47-49,52-59H,2-15,24-38H2,1H3. The number of aliphatic hydroxyl groups excluding tert-OH is 8. The number of unbranched alkanes of at least 4 members (excludes halogenated alkanes) is 13. The molecule has 0 bridgehead atoms. The van der Waals surface area contributed by atoms with Crippen molar-refractivity contribution < 1.29 is 78.7 Å². The molecular formula is C49H84N2O16. The van der Waals surface area contributed by atoms with Gasteiger partial charge in [-0.1, -0.05) is 90.4 Å². The lowest BCUT2D eigenvalue weighted by Crippen LogP contribution is -2.38. The van der Waals surface area contributed by atoms with Gasteiger partial charge in [0.15, 0.2) is 0 Å². The minimum Gasteiger partial charge on any atom is -0.494 e. The molecule has 0 saturated heterocycles. The normalized spacial score (nSPS) is 15.1. The zero-order valence-corrected chi connectivity index (χ0v) is 39.9. The molecule has 0 amide bonds. The van der Waals surface area contributed by atoms with Crippen molar-refractivity contribution in [2.24, 2.45) is 10.2 Å². The third-order valence-corrected chi connectivity index (χ3v) is 10.4. The van der Waals surface area contributed by atoms with E-state index in [0.717, 1.165) is 12.2 Å². The Morgan fingerprint density at radius 2 is 0.716 bits per heavy atom. The fourth-order valence-electron chi connectivity index (χ4n) is 6.44. The number of hydrogen-bond acceptors (Lipinski definition) is 18. The van der Waals surface area contributed by atoms with Gasteiger partial charge in [-0.05, 0) is 55.0 Å². The predicted molar refractivity (Wildman–Crippen MR) is 252 cm³/mol. The van der Waals surface area contributed by atoms with Gasteiger partial charge in [0.05, 0.1) is 110 Å². The molecule has 8 N–H and O–H groups in total. The lowest BCUT2D eigenvalue weighted by atomic mass is 10.0. The Kier molecular flexibility index (Phi) is 36.8. The van der Waals surface area contributed by atoms with E-state index in [1.807, 2.05) is 24.3 Å². The third-order valence-electron chi connectivity index (χ3n) is 10.4. The van der Waals surface area contributed by atoms with Gasteiger partial charge in [0.2, 0.25) is 0 Å². The van der Waals surface area contributed by atoms with Crippen molar-refractivity contribution in [3.05, 3.63) is 48.5 Å². The van der Waals surface area contributed by atoms with Gasteiger partial charge in [0, 0.05) is 0 Å². The number of nitrogens with zero attached hydrogens (tertiary/aromatic N) is 2. The lowest BCUT2D eigenvalue weighted by Gasteiger charge is -2.26. The van der Waals surface area contributed by atoms with Gasteiger partial charge in [0.1, 0.15) is 54.2 Å². The van der Waals surface area contributed by atoms with Crippen molar-refractivity contribution in [3.8, 4) is 11.5 Å². The van der Waals surface area contributed by atoms with Crippen LogP contribution in [-0.4, -0.2) is 183 Å². The van der Waals surface area contributed by atoms with Crippen molar-refractivity contribution in [2.45, 2.75) is 140 Å². The molecule has 0 aromatic heterocycles. The number of aliphatic hydroxyl groups is 8. The molecule has 2 rings (SSSR count). The van der Waals surface area contributed by atoms with E-state index in [4.69, 9.17) is 37.9 Å². The number of ether oxygens (including phenoxy) is 8. The third kappa shape index (κ3) is 32.5. The summed E-state index contributed by atoms with van der Waals surface area (Å²) in [6, 6.07) is 14.4. The van der Waals surface area contributed by atoms with Crippen LogP contribution < -0.4 is 9.47 Å². The summed E-state index contributed by atoms with van der Waals surface area (Å²) in [5.74, 6) is 1.23. The van der Waals surface area contributed by atoms with Crippen LogP contribution in [0.15, 0.2) is 58.8 Å². The zero-order chi connectivity index (χ0) is 48.6. The average Bonchev–Trinajstić information content (AvgIpc) is 3.35. The van der Waals surface area contributed by atoms with Crippen LogP contribution in [-0.2, 0) is 28.4 Å². The van der Waals surface area contributed by atoms with Gasteiger partial charge in [-0.2, -0.15) is 10.2 Å². The van der Waals surface area contributed by atoms with E-state index in [1.165, 1.54) is 83.5 Å². The Labute approximate surface area is 398 Å². The minimum absolute atomic E-state index is 0.0560. The van der Waals surface area contributed by atoms with Gasteiger partial charge < -0.3 is 78.7 Å². The fourth-order valence-corrected chi connectivity index (χ4v) is 6.44. The number of rotatable bonds is 46. The molecule has 0 fully saturated rings. The molecule has 0 heterocycles. The van der Waals surface area contributed by atoms with Gasteiger partial charge in [0.25, 0.3) is 0 Å². The van der Waals surface area contributed by atoms with Crippen LogP contribution in [0.3, 0.4) is 0 Å². The van der Waals surface area contributed by atoms with E-state index in [-0.39, 0.29) is 66.1 Å². The molecule has 18 nitrogen and oxygen atoms in total. The topological polar surface area (TPSA) is 260 Å². The highest BCUT2D eigenvalue weighted by Crippen LogP contribution is 2.24. The first-order chi connectivity index (χ1) is 32.7. The Morgan fingerprint density at radius 1 is 0.388 bits per heavy atom. The maximum atomic E-state index is 9.74. The molecule has 4 unspecified atom stereocenters. The van der Waals surface area contributed by atoms with E-state index in [1.54, 1.807) is 24.3 Å². The smallest absolute Gasteiger partial charge is 0.145 e. The molecule has 0 saturated carbocycles. The van der Waals surface area contributed by atoms with Crippen LogP contribution in [0.25, 0.3) is 0 Å². The first kappa shape index (κ1) is 60.2. The van der Waals surface area contributed by atoms with Crippen LogP contribution in [0.2, 0.25) is 0 Å². The summed E-state index contributed by atoms with van der Waals surface area (Å²) >= 11 is 0. The summed E-state index contributed by atoms with van der Waals surface area (Å²) in [5.41, 5.74) is 1.24. The van der Waals surface area contributed by atoms with Gasteiger partial charge >= 0.3 is 0 Å². The van der Waals surface area contributed by atoms with Crippen LogP contribution in [0.4, 0.5) is 11.4 Å². The van der Waals surface area contributed by atoms with E-state index in [9.17, 15) is 40.9 Å². The molecular weight excluding hydrogens is 873 g/mol. The second kappa shape index (κ2) is 40.9. The molecule has 2 aromatic carbocycles. The van der Waals surface area contributed by atoms with Gasteiger partial charge in [-0.15, -0.1) is 0 Å². The molecule has 2 aromatic rings. The quantitative estimate of drug-likeness (QED) is 0.0322. The zero-order valence-electron chi connectivity index (χ0n) is 39.9. The highest BCUT2D eigenvalue weighted by molar-refractivity contribution is 5.44. The van der Waals surface area contributed by atoms with Crippen LogP contribution in [0, 0.1) is 0 Å². The first-order valence-corrected chi connectivity index (χ1v) is 24.3. The molecule has 4 atom stereocenters. The minimum atomic E-state index is -1.10. The van der Waals surface area contributed by atoms with Crippen molar-refractivity contribution >= 4 is 11.4 Å². The molecule has 0 radical (unpaired) electrons. The summed E-state index contributed by atoms with van der Waals surface area (Å²) < 4.78 is 46.5. The lowest BCUT2D eigenvalue weighted by molar-refractivity contribution is -0.123. The molecule has 0 spiro atoms. The average molecular weight is 957 g/mol. The fraction of sp³-hybridized carbons (Fsp3) is 0.755. The molecule has 67 heavy (non-hydrogen) atoms.